The van der Waals surface area contributed by atoms with E-state index in [0.29, 0.717) is 16.9 Å². The number of hydrogen-bond donors (Lipinski definition) is 1. The minimum Gasteiger partial charge on any atom is -0.469 e. The molecular formula is C13H11ClN4O. The van der Waals surface area contributed by atoms with E-state index >= 15 is 0 Å². The zero-order valence-corrected chi connectivity index (χ0v) is 10.9. The summed E-state index contributed by atoms with van der Waals surface area (Å²) in [5.74, 6) is 0.431. The summed E-state index contributed by atoms with van der Waals surface area (Å²) in [6, 6.07) is 9.90. The minimum atomic E-state index is -0.134. The standard InChI is InChI=1S/C13H11ClN4O/c1-8(9-5-3-2-4-6-9)19-12-10-7-15-18-11(10)16-13(14)17-12/h2-8H,1H3,(H,15,16,17,18). The van der Waals surface area contributed by atoms with E-state index in [1.807, 2.05) is 37.3 Å². The molecule has 1 unspecified atom stereocenters. The van der Waals surface area contributed by atoms with Crippen LogP contribution in [0.5, 0.6) is 5.88 Å². The maximum absolute atomic E-state index is 5.86. The number of fused-ring (bicyclic) bond motifs is 1. The van der Waals surface area contributed by atoms with Crippen molar-refractivity contribution in [1.82, 2.24) is 20.2 Å². The molecule has 0 fully saturated rings. The third-order valence-electron chi connectivity index (χ3n) is 2.80. The molecule has 0 radical (unpaired) electrons. The van der Waals surface area contributed by atoms with Crippen LogP contribution in [0.2, 0.25) is 5.28 Å². The first-order valence-corrected chi connectivity index (χ1v) is 6.20. The average molecular weight is 275 g/mol. The normalized spacial score (nSPS) is 12.5. The average Bonchev–Trinajstić information content (AvgIpc) is 2.88. The van der Waals surface area contributed by atoms with Crippen LogP contribution in [-0.4, -0.2) is 20.2 Å². The van der Waals surface area contributed by atoms with Crippen molar-refractivity contribution in [1.29, 1.82) is 0 Å². The third-order valence-corrected chi connectivity index (χ3v) is 2.97. The molecule has 2 aromatic heterocycles. The molecule has 0 saturated carbocycles. The van der Waals surface area contributed by atoms with Crippen LogP contribution in [0, 0.1) is 0 Å². The summed E-state index contributed by atoms with van der Waals surface area (Å²) >= 11 is 5.86. The van der Waals surface area contributed by atoms with Crippen molar-refractivity contribution >= 4 is 22.6 Å². The van der Waals surface area contributed by atoms with Crippen molar-refractivity contribution in [3.63, 3.8) is 0 Å². The lowest BCUT2D eigenvalue weighted by atomic mass is 10.1. The van der Waals surface area contributed by atoms with Gasteiger partial charge in [0.2, 0.25) is 11.2 Å². The van der Waals surface area contributed by atoms with Crippen LogP contribution in [0.1, 0.15) is 18.6 Å². The SMILES string of the molecule is CC(Oc1nc(Cl)nc2[nH]ncc12)c1ccccc1. The van der Waals surface area contributed by atoms with Gasteiger partial charge in [0.05, 0.1) is 6.20 Å². The Labute approximate surface area is 114 Å². The summed E-state index contributed by atoms with van der Waals surface area (Å²) in [4.78, 5) is 8.14. The third kappa shape index (κ3) is 2.37. The Kier molecular flexibility index (Phi) is 3.05. The van der Waals surface area contributed by atoms with E-state index in [1.54, 1.807) is 6.20 Å². The molecule has 1 atom stereocenters. The van der Waals surface area contributed by atoms with Gasteiger partial charge >= 0.3 is 0 Å². The molecule has 0 aliphatic carbocycles. The van der Waals surface area contributed by atoms with Gasteiger partial charge in [-0.25, -0.2) is 0 Å². The summed E-state index contributed by atoms with van der Waals surface area (Å²) in [6.45, 7) is 1.96. The van der Waals surface area contributed by atoms with Crippen LogP contribution in [0.3, 0.4) is 0 Å². The molecule has 19 heavy (non-hydrogen) atoms. The molecule has 3 rings (SSSR count). The predicted molar refractivity (Wildman–Crippen MR) is 72.2 cm³/mol. The van der Waals surface area contributed by atoms with Crippen molar-refractivity contribution in [3.05, 3.63) is 47.4 Å². The topological polar surface area (TPSA) is 63.7 Å². The predicted octanol–water partition coefficient (Wildman–Crippen LogP) is 3.15. The molecule has 1 aromatic carbocycles. The fourth-order valence-electron chi connectivity index (χ4n) is 1.83. The molecule has 96 valence electrons. The number of H-pyrrole nitrogens is 1. The number of rotatable bonds is 3. The molecule has 0 bridgehead atoms. The lowest BCUT2D eigenvalue weighted by Gasteiger charge is -2.14. The van der Waals surface area contributed by atoms with E-state index in [9.17, 15) is 0 Å². The summed E-state index contributed by atoms with van der Waals surface area (Å²) in [7, 11) is 0. The summed E-state index contributed by atoms with van der Waals surface area (Å²) < 4.78 is 5.86. The van der Waals surface area contributed by atoms with E-state index in [1.165, 1.54) is 0 Å². The van der Waals surface area contributed by atoms with E-state index in [-0.39, 0.29) is 11.4 Å². The monoisotopic (exact) mass is 274 g/mol. The molecule has 6 heteroatoms. The van der Waals surface area contributed by atoms with Gasteiger partial charge in [0.15, 0.2) is 5.65 Å². The first kappa shape index (κ1) is 11.9. The minimum absolute atomic E-state index is 0.131. The second kappa shape index (κ2) is 4.85. The Hall–Kier alpha value is -2.14. The first-order valence-electron chi connectivity index (χ1n) is 5.82. The number of benzene rings is 1. The van der Waals surface area contributed by atoms with E-state index in [4.69, 9.17) is 16.3 Å². The van der Waals surface area contributed by atoms with Crippen LogP contribution in [0.15, 0.2) is 36.5 Å². The number of hydrogen-bond acceptors (Lipinski definition) is 4. The highest BCUT2D eigenvalue weighted by atomic mass is 35.5. The highest BCUT2D eigenvalue weighted by Gasteiger charge is 2.13. The van der Waals surface area contributed by atoms with Crippen molar-refractivity contribution in [3.8, 4) is 5.88 Å². The summed E-state index contributed by atoms with van der Waals surface area (Å²) in [6.07, 6.45) is 1.49. The fraction of sp³-hybridized carbons (Fsp3) is 0.154. The molecule has 0 aliphatic rings. The number of aromatic nitrogens is 4. The summed E-state index contributed by atoms with van der Waals surface area (Å²) in [5.41, 5.74) is 1.63. The van der Waals surface area contributed by atoms with Gasteiger partial charge in [0.1, 0.15) is 11.5 Å². The quantitative estimate of drug-likeness (QED) is 0.745. The van der Waals surface area contributed by atoms with Gasteiger partial charge in [-0.3, -0.25) is 5.10 Å². The smallest absolute Gasteiger partial charge is 0.229 e. The van der Waals surface area contributed by atoms with Gasteiger partial charge in [-0.15, -0.1) is 0 Å². The Morgan fingerprint density at radius 2 is 2.00 bits per heavy atom. The highest BCUT2D eigenvalue weighted by Crippen LogP contribution is 2.27. The molecule has 5 nitrogen and oxygen atoms in total. The van der Waals surface area contributed by atoms with E-state index < -0.39 is 0 Å². The first-order chi connectivity index (χ1) is 9.24. The number of nitrogens with zero attached hydrogens (tertiary/aromatic N) is 3. The number of nitrogens with one attached hydrogen (secondary N) is 1. The molecular weight excluding hydrogens is 264 g/mol. The van der Waals surface area contributed by atoms with Gasteiger partial charge in [-0.1, -0.05) is 30.3 Å². The van der Waals surface area contributed by atoms with Crippen molar-refractivity contribution < 1.29 is 4.74 Å². The lowest BCUT2D eigenvalue weighted by Crippen LogP contribution is -2.05. The van der Waals surface area contributed by atoms with Gasteiger partial charge in [-0.05, 0) is 24.1 Å². The Morgan fingerprint density at radius 3 is 2.79 bits per heavy atom. The largest absolute Gasteiger partial charge is 0.469 e. The lowest BCUT2D eigenvalue weighted by molar-refractivity contribution is 0.220. The molecule has 2 heterocycles. The van der Waals surface area contributed by atoms with Gasteiger partial charge in [0.25, 0.3) is 0 Å². The Bertz CT molecular complexity index is 698. The molecule has 1 N–H and O–H groups in total. The maximum Gasteiger partial charge on any atom is 0.229 e. The number of ether oxygens (including phenoxy) is 1. The van der Waals surface area contributed by atoms with Crippen LogP contribution in [0.25, 0.3) is 11.0 Å². The van der Waals surface area contributed by atoms with E-state index in [0.717, 1.165) is 5.56 Å². The molecule has 0 saturated heterocycles. The van der Waals surface area contributed by atoms with E-state index in [2.05, 4.69) is 20.2 Å². The van der Waals surface area contributed by atoms with Gasteiger partial charge < -0.3 is 4.74 Å². The zero-order chi connectivity index (χ0) is 13.2. The number of aromatic amines is 1. The Balaban J connectivity index is 1.95. The van der Waals surface area contributed by atoms with Crippen LogP contribution < -0.4 is 4.74 Å². The molecule has 0 amide bonds. The molecule has 0 aliphatic heterocycles. The number of halogens is 1. The second-order valence-corrected chi connectivity index (χ2v) is 4.44. The van der Waals surface area contributed by atoms with Gasteiger partial charge in [0, 0.05) is 0 Å². The van der Waals surface area contributed by atoms with Crippen LogP contribution >= 0.6 is 11.6 Å². The van der Waals surface area contributed by atoms with Crippen LogP contribution in [0.4, 0.5) is 0 Å². The molecule has 0 spiro atoms. The summed E-state index contributed by atoms with van der Waals surface area (Å²) in [5, 5.41) is 7.51. The highest BCUT2D eigenvalue weighted by molar-refractivity contribution is 6.28. The second-order valence-electron chi connectivity index (χ2n) is 4.10. The zero-order valence-electron chi connectivity index (χ0n) is 10.2. The van der Waals surface area contributed by atoms with Crippen molar-refractivity contribution in [2.75, 3.05) is 0 Å². The fourth-order valence-corrected chi connectivity index (χ4v) is 1.99. The Morgan fingerprint density at radius 1 is 1.21 bits per heavy atom. The van der Waals surface area contributed by atoms with Crippen molar-refractivity contribution in [2.45, 2.75) is 13.0 Å². The van der Waals surface area contributed by atoms with Crippen molar-refractivity contribution in [2.24, 2.45) is 0 Å². The van der Waals surface area contributed by atoms with Crippen LogP contribution in [-0.2, 0) is 0 Å². The molecule has 3 aromatic rings. The maximum atomic E-state index is 5.86. The van der Waals surface area contributed by atoms with Gasteiger partial charge in [-0.2, -0.15) is 15.1 Å².